The van der Waals surface area contributed by atoms with E-state index in [1.165, 1.54) is 14.0 Å². The van der Waals surface area contributed by atoms with Crippen LogP contribution in [-0.2, 0) is 4.79 Å². The number of carbonyl (C=O) groups excluding carboxylic acids is 1. The average Bonchev–Trinajstić information content (AvgIpc) is 2.28. The Morgan fingerprint density at radius 1 is 1.41 bits per heavy atom. The van der Waals surface area contributed by atoms with Gasteiger partial charge in [0.1, 0.15) is 5.75 Å². The van der Waals surface area contributed by atoms with Crippen molar-refractivity contribution < 1.29 is 19.4 Å². The van der Waals surface area contributed by atoms with Gasteiger partial charge in [-0.1, -0.05) is 18.6 Å². The SMILES string of the molecule is COc1ccc(C)cc1C(=O)CC(C)C(=O)O. The Bertz CT molecular complexity index is 437. The van der Waals surface area contributed by atoms with Gasteiger partial charge >= 0.3 is 5.97 Å². The first-order valence-corrected chi connectivity index (χ1v) is 5.36. The van der Waals surface area contributed by atoms with E-state index in [1.54, 1.807) is 12.1 Å². The molecule has 0 aliphatic rings. The van der Waals surface area contributed by atoms with Crippen molar-refractivity contribution in [2.45, 2.75) is 20.3 Å². The van der Waals surface area contributed by atoms with E-state index in [0.717, 1.165) is 5.56 Å². The highest BCUT2D eigenvalue weighted by Gasteiger charge is 2.19. The number of aryl methyl sites for hydroxylation is 1. The van der Waals surface area contributed by atoms with E-state index in [2.05, 4.69) is 0 Å². The van der Waals surface area contributed by atoms with Crippen LogP contribution < -0.4 is 4.74 Å². The van der Waals surface area contributed by atoms with E-state index in [-0.39, 0.29) is 12.2 Å². The normalized spacial score (nSPS) is 11.9. The van der Waals surface area contributed by atoms with Gasteiger partial charge in [-0.2, -0.15) is 0 Å². The first-order chi connectivity index (χ1) is 7.95. The summed E-state index contributed by atoms with van der Waals surface area (Å²) in [7, 11) is 1.49. The number of hydrogen-bond acceptors (Lipinski definition) is 3. The minimum atomic E-state index is -0.968. The van der Waals surface area contributed by atoms with Crippen molar-refractivity contribution in [1.29, 1.82) is 0 Å². The molecule has 1 aromatic carbocycles. The summed E-state index contributed by atoms with van der Waals surface area (Å²) in [5.74, 6) is -1.38. The lowest BCUT2D eigenvalue weighted by atomic mass is 9.98. The zero-order chi connectivity index (χ0) is 13.0. The monoisotopic (exact) mass is 236 g/mol. The number of aliphatic carboxylic acids is 1. The van der Waals surface area contributed by atoms with Crippen LogP contribution in [0.5, 0.6) is 5.75 Å². The zero-order valence-corrected chi connectivity index (χ0v) is 10.2. The number of ketones is 1. The summed E-state index contributed by atoms with van der Waals surface area (Å²) >= 11 is 0. The van der Waals surface area contributed by atoms with Crippen molar-refractivity contribution in [1.82, 2.24) is 0 Å². The Morgan fingerprint density at radius 3 is 2.59 bits per heavy atom. The van der Waals surface area contributed by atoms with E-state index in [4.69, 9.17) is 9.84 Å². The quantitative estimate of drug-likeness (QED) is 0.797. The number of carbonyl (C=O) groups is 2. The van der Waals surface area contributed by atoms with Crippen molar-refractivity contribution in [2.24, 2.45) is 5.92 Å². The second-order valence-electron chi connectivity index (χ2n) is 4.07. The molecule has 4 nitrogen and oxygen atoms in total. The van der Waals surface area contributed by atoms with Crippen LogP contribution in [0, 0.1) is 12.8 Å². The van der Waals surface area contributed by atoms with E-state index in [9.17, 15) is 9.59 Å². The largest absolute Gasteiger partial charge is 0.496 e. The number of methoxy groups -OCH3 is 1. The number of rotatable bonds is 5. The van der Waals surface area contributed by atoms with Crippen LogP contribution >= 0.6 is 0 Å². The molecular formula is C13H16O4. The molecule has 0 saturated heterocycles. The Balaban J connectivity index is 2.95. The molecule has 1 aromatic rings. The molecule has 0 heterocycles. The number of carboxylic acids is 1. The molecule has 0 radical (unpaired) electrons. The number of hydrogen-bond donors (Lipinski definition) is 1. The Labute approximate surface area is 100 Å². The predicted octanol–water partition coefficient (Wildman–Crippen LogP) is 2.30. The Kier molecular flexibility index (Phi) is 4.26. The minimum Gasteiger partial charge on any atom is -0.496 e. The van der Waals surface area contributed by atoms with Crippen LogP contribution in [0.1, 0.15) is 29.3 Å². The third-order valence-electron chi connectivity index (χ3n) is 2.57. The predicted molar refractivity (Wildman–Crippen MR) is 63.5 cm³/mol. The number of Topliss-reactive ketones (excluding diaryl/α,β-unsaturated/α-hetero) is 1. The standard InChI is InChI=1S/C13H16O4/c1-8-4-5-12(17-3)10(6-8)11(14)7-9(2)13(15)16/h4-6,9H,7H2,1-3H3,(H,15,16). The summed E-state index contributed by atoms with van der Waals surface area (Å²) in [5, 5.41) is 8.78. The van der Waals surface area contributed by atoms with Crippen molar-refractivity contribution in [3.63, 3.8) is 0 Å². The highest BCUT2D eigenvalue weighted by Crippen LogP contribution is 2.22. The fourth-order valence-corrected chi connectivity index (χ4v) is 1.52. The summed E-state index contributed by atoms with van der Waals surface area (Å²) < 4.78 is 5.10. The first-order valence-electron chi connectivity index (χ1n) is 5.36. The molecule has 0 spiro atoms. The first kappa shape index (κ1) is 13.2. The molecular weight excluding hydrogens is 220 g/mol. The second kappa shape index (κ2) is 5.48. The number of ether oxygens (including phenoxy) is 1. The summed E-state index contributed by atoms with van der Waals surface area (Å²) in [6, 6.07) is 5.28. The van der Waals surface area contributed by atoms with Gasteiger partial charge in [-0.3, -0.25) is 9.59 Å². The van der Waals surface area contributed by atoms with Gasteiger partial charge in [0.2, 0.25) is 0 Å². The van der Waals surface area contributed by atoms with Gasteiger partial charge in [0.05, 0.1) is 18.6 Å². The van der Waals surface area contributed by atoms with Crippen LogP contribution in [0.3, 0.4) is 0 Å². The number of carboxylic acid groups (broad SMARTS) is 1. The van der Waals surface area contributed by atoms with Crippen LogP contribution in [0.4, 0.5) is 0 Å². The molecule has 0 amide bonds. The average molecular weight is 236 g/mol. The molecule has 1 atom stereocenters. The summed E-state index contributed by atoms with van der Waals surface area (Å²) in [4.78, 5) is 22.7. The van der Waals surface area contributed by atoms with Gasteiger partial charge in [-0.15, -0.1) is 0 Å². The smallest absolute Gasteiger partial charge is 0.306 e. The van der Waals surface area contributed by atoms with Gasteiger partial charge in [0.25, 0.3) is 0 Å². The van der Waals surface area contributed by atoms with Crippen LogP contribution in [0.25, 0.3) is 0 Å². The maximum atomic E-state index is 11.9. The zero-order valence-electron chi connectivity index (χ0n) is 10.2. The van der Waals surface area contributed by atoms with Crippen molar-refractivity contribution in [3.05, 3.63) is 29.3 Å². The lowest BCUT2D eigenvalue weighted by Crippen LogP contribution is -2.15. The highest BCUT2D eigenvalue weighted by atomic mass is 16.5. The Morgan fingerprint density at radius 2 is 2.06 bits per heavy atom. The van der Waals surface area contributed by atoms with Gasteiger partial charge in [-0.05, 0) is 19.1 Å². The van der Waals surface area contributed by atoms with E-state index in [1.807, 2.05) is 13.0 Å². The topological polar surface area (TPSA) is 63.6 Å². The summed E-state index contributed by atoms with van der Waals surface area (Å²) in [5.41, 5.74) is 1.39. The fourth-order valence-electron chi connectivity index (χ4n) is 1.52. The van der Waals surface area contributed by atoms with E-state index >= 15 is 0 Å². The highest BCUT2D eigenvalue weighted by molar-refractivity contribution is 6.00. The lowest BCUT2D eigenvalue weighted by molar-refractivity contribution is -0.141. The second-order valence-corrected chi connectivity index (χ2v) is 4.07. The van der Waals surface area contributed by atoms with E-state index in [0.29, 0.717) is 11.3 Å². The third kappa shape index (κ3) is 3.31. The van der Waals surface area contributed by atoms with Crippen LogP contribution in [0.2, 0.25) is 0 Å². The molecule has 0 bridgehead atoms. The van der Waals surface area contributed by atoms with Gasteiger partial charge in [0.15, 0.2) is 5.78 Å². The fraction of sp³-hybridized carbons (Fsp3) is 0.385. The Hall–Kier alpha value is -1.84. The van der Waals surface area contributed by atoms with E-state index < -0.39 is 11.9 Å². The van der Waals surface area contributed by atoms with Crippen LogP contribution in [-0.4, -0.2) is 24.0 Å². The molecule has 4 heteroatoms. The van der Waals surface area contributed by atoms with Crippen molar-refractivity contribution >= 4 is 11.8 Å². The summed E-state index contributed by atoms with van der Waals surface area (Å²) in [6.45, 7) is 3.39. The summed E-state index contributed by atoms with van der Waals surface area (Å²) in [6.07, 6.45) is -0.0187. The molecule has 0 aliphatic carbocycles. The number of benzene rings is 1. The molecule has 1 unspecified atom stereocenters. The maximum absolute atomic E-state index is 11.9. The molecule has 0 fully saturated rings. The molecule has 92 valence electrons. The molecule has 0 aliphatic heterocycles. The molecule has 1 rings (SSSR count). The third-order valence-corrected chi connectivity index (χ3v) is 2.57. The van der Waals surface area contributed by atoms with Crippen molar-refractivity contribution in [2.75, 3.05) is 7.11 Å². The lowest BCUT2D eigenvalue weighted by Gasteiger charge is -2.10. The molecule has 0 saturated carbocycles. The van der Waals surface area contributed by atoms with Crippen molar-refractivity contribution in [3.8, 4) is 5.75 Å². The molecule has 0 aromatic heterocycles. The van der Waals surface area contributed by atoms with Gasteiger partial charge in [0, 0.05) is 6.42 Å². The maximum Gasteiger partial charge on any atom is 0.306 e. The van der Waals surface area contributed by atoms with Gasteiger partial charge in [-0.25, -0.2) is 0 Å². The molecule has 1 N–H and O–H groups in total. The van der Waals surface area contributed by atoms with Crippen LogP contribution in [0.15, 0.2) is 18.2 Å². The molecule has 17 heavy (non-hydrogen) atoms. The van der Waals surface area contributed by atoms with Gasteiger partial charge < -0.3 is 9.84 Å². The minimum absolute atomic E-state index is 0.0187.